The summed E-state index contributed by atoms with van der Waals surface area (Å²) in [5.74, 6) is 0. The van der Waals surface area contributed by atoms with Gasteiger partial charge < -0.3 is 4.98 Å². The van der Waals surface area contributed by atoms with Crippen LogP contribution in [0.25, 0.3) is 33.8 Å². The third kappa shape index (κ3) is 6.26. The molecule has 4 heteroatoms. The Balaban J connectivity index is 0.000000183. The minimum Gasteiger partial charge on any atom is -0.305 e. The quantitative estimate of drug-likeness (QED) is 0.241. The van der Waals surface area contributed by atoms with Gasteiger partial charge in [-0.1, -0.05) is 24.3 Å². The van der Waals surface area contributed by atoms with Gasteiger partial charge in [0, 0.05) is 44.3 Å². The molecular formula is C27H19IrN3-2. The fourth-order valence-electron chi connectivity index (χ4n) is 2.90. The van der Waals surface area contributed by atoms with Crippen LogP contribution in [0.15, 0.2) is 116 Å². The first-order valence-electron chi connectivity index (χ1n) is 9.63. The molecule has 3 aromatic heterocycles. The van der Waals surface area contributed by atoms with Gasteiger partial charge in [-0.05, 0) is 35.7 Å². The predicted molar refractivity (Wildman–Crippen MR) is 120 cm³/mol. The fourth-order valence-corrected chi connectivity index (χ4v) is 2.90. The maximum atomic E-state index is 4.65. The first kappa shape index (κ1) is 22.2. The van der Waals surface area contributed by atoms with Gasteiger partial charge in [-0.2, -0.15) is 0 Å². The summed E-state index contributed by atoms with van der Waals surface area (Å²) < 4.78 is 0. The molecule has 0 fully saturated rings. The van der Waals surface area contributed by atoms with Gasteiger partial charge in [0.05, 0.1) is 5.69 Å². The van der Waals surface area contributed by atoms with Crippen LogP contribution in [0.5, 0.6) is 0 Å². The van der Waals surface area contributed by atoms with E-state index in [2.05, 4.69) is 27.1 Å². The van der Waals surface area contributed by atoms with Crippen molar-refractivity contribution in [3.8, 4) is 33.8 Å². The zero-order valence-electron chi connectivity index (χ0n) is 16.6. The second-order valence-electron chi connectivity index (χ2n) is 6.41. The van der Waals surface area contributed by atoms with Crippen molar-refractivity contribution in [2.45, 2.75) is 0 Å². The molecule has 2 aromatic carbocycles. The molecule has 5 aromatic rings. The van der Waals surface area contributed by atoms with Crippen LogP contribution in [-0.2, 0) is 20.1 Å². The first-order chi connectivity index (χ1) is 14.9. The Morgan fingerprint density at radius 3 is 1.74 bits per heavy atom. The van der Waals surface area contributed by atoms with Crippen LogP contribution in [0, 0.1) is 12.1 Å². The maximum absolute atomic E-state index is 4.65. The van der Waals surface area contributed by atoms with Crippen LogP contribution in [0.1, 0.15) is 0 Å². The van der Waals surface area contributed by atoms with E-state index in [0.717, 1.165) is 33.8 Å². The normalized spacial score (nSPS) is 9.68. The zero-order chi connectivity index (χ0) is 20.4. The van der Waals surface area contributed by atoms with Crippen LogP contribution >= 0.6 is 0 Å². The van der Waals surface area contributed by atoms with E-state index in [1.807, 2.05) is 97.1 Å². The van der Waals surface area contributed by atoms with Crippen molar-refractivity contribution in [3.05, 3.63) is 128 Å². The van der Waals surface area contributed by atoms with Crippen molar-refractivity contribution in [3.63, 3.8) is 0 Å². The van der Waals surface area contributed by atoms with Crippen molar-refractivity contribution in [1.82, 2.24) is 15.0 Å². The Morgan fingerprint density at radius 2 is 1.13 bits per heavy atom. The van der Waals surface area contributed by atoms with Crippen molar-refractivity contribution in [1.29, 1.82) is 0 Å². The molecule has 1 radical (unpaired) electrons. The van der Waals surface area contributed by atoms with Gasteiger partial charge in [0.25, 0.3) is 0 Å². The molecule has 0 spiro atoms. The minimum atomic E-state index is 0. The van der Waals surface area contributed by atoms with Crippen LogP contribution in [0.2, 0.25) is 0 Å². The van der Waals surface area contributed by atoms with Gasteiger partial charge in [0.1, 0.15) is 0 Å². The molecule has 3 nitrogen and oxygen atoms in total. The van der Waals surface area contributed by atoms with Gasteiger partial charge in [-0.25, -0.2) is 0 Å². The molecule has 31 heavy (non-hydrogen) atoms. The third-order valence-corrected chi connectivity index (χ3v) is 4.36. The van der Waals surface area contributed by atoms with Gasteiger partial charge in [0.2, 0.25) is 0 Å². The van der Waals surface area contributed by atoms with Crippen LogP contribution in [-0.4, -0.2) is 15.0 Å². The number of aromatic nitrogens is 3. The molecule has 0 aliphatic carbocycles. The maximum Gasteiger partial charge on any atom is 0.0596 e. The SMILES string of the molecule is [Ir].[c-]1ccccc1-c1cccc(-c2ccncc2)n1.[c-]1ccccc1-c1ccccn1. The van der Waals surface area contributed by atoms with E-state index in [4.69, 9.17) is 0 Å². The number of nitrogens with zero attached hydrogens (tertiary/aromatic N) is 3. The van der Waals surface area contributed by atoms with Gasteiger partial charge >= 0.3 is 0 Å². The zero-order valence-corrected chi connectivity index (χ0v) is 19.0. The molecule has 3 heterocycles. The molecular weight excluding hydrogens is 559 g/mol. The Bertz CT molecular complexity index is 1070. The number of pyridine rings is 3. The Kier molecular flexibility index (Phi) is 8.36. The second kappa shape index (κ2) is 11.7. The summed E-state index contributed by atoms with van der Waals surface area (Å²) in [5.41, 5.74) is 5.98. The van der Waals surface area contributed by atoms with Crippen molar-refractivity contribution < 1.29 is 20.1 Å². The third-order valence-electron chi connectivity index (χ3n) is 4.36. The van der Waals surface area contributed by atoms with E-state index in [1.54, 1.807) is 18.6 Å². The number of benzene rings is 2. The summed E-state index contributed by atoms with van der Waals surface area (Å²) >= 11 is 0. The Labute approximate surface area is 196 Å². The van der Waals surface area contributed by atoms with Gasteiger partial charge in [-0.15, -0.1) is 71.8 Å². The van der Waals surface area contributed by atoms with Gasteiger partial charge in [-0.3, -0.25) is 9.97 Å². The minimum absolute atomic E-state index is 0. The summed E-state index contributed by atoms with van der Waals surface area (Å²) in [7, 11) is 0. The molecule has 0 saturated heterocycles. The van der Waals surface area contributed by atoms with E-state index < -0.39 is 0 Å². The number of hydrogen-bond acceptors (Lipinski definition) is 3. The molecule has 0 aliphatic rings. The molecule has 0 atom stereocenters. The Morgan fingerprint density at radius 1 is 0.516 bits per heavy atom. The number of hydrogen-bond donors (Lipinski definition) is 0. The van der Waals surface area contributed by atoms with Gasteiger partial charge in [0.15, 0.2) is 0 Å². The van der Waals surface area contributed by atoms with E-state index >= 15 is 0 Å². The molecule has 0 N–H and O–H groups in total. The molecule has 0 saturated carbocycles. The van der Waals surface area contributed by atoms with E-state index in [-0.39, 0.29) is 20.1 Å². The fraction of sp³-hybridized carbons (Fsp3) is 0. The van der Waals surface area contributed by atoms with Crippen molar-refractivity contribution >= 4 is 0 Å². The first-order valence-corrected chi connectivity index (χ1v) is 9.63. The molecule has 0 amide bonds. The van der Waals surface area contributed by atoms with Crippen LogP contribution in [0.3, 0.4) is 0 Å². The van der Waals surface area contributed by atoms with Crippen LogP contribution < -0.4 is 0 Å². The average molecular weight is 578 g/mol. The summed E-state index contributed by atoms with van der Waals surface area (Å²) in [6.07, 6.45) is 5.34. The van der Waals surface area contributed by atoms with E-state index in [1.165, 1.54) is 0 Å². The Hall–Kier alpha value is -3.46. The van der Waals surface area contributed by atoms with E-state index in [9.17, 15) is 0 Å². The van der Waals surface area contributed by atoms with E-state index in [0.29, 0.717) is 0 Å². The molecule has 0 bridgehead atoms. The smallest absolute Gasteiger partial charge is 0.0596 e. The number of rotatable bonds is 3. The summed E-state index contributed by atoms with van der Waals surface area (Å²) in [6.45, 7) is 0. The largest absolute Gasteiger partial charge is 0.305 e. The monoisotopic (exact) mass is 578 g/mol. The average Bonchev–Trinajstić information content (AvgIpc) is 2.87. The second-order valence-corrected chi connectivity index (χ2v) is 6.41. The van der Waals surface area contributed by atoms with Crippen LogP contribution in [0.4, 0.5) is 0 Å². The summed E-state index contributed by atoms with van der Waals surface area (Å²) in [4.78, 5) is 12.9. The predicted octanol–water partition coefficient (Wildman–Crippen LogP) is 6.16. The molecule has 0 unspecified atom stereocenters. The summed E-state index contributed by atoms with van der Waals surface area (Å²) in [6, 6.07) is 37.8. The molecule has 153 valence electrons. The molecule has 0 aliphatic heterocycles. The van der Waals surface area contributed by atoms with Crippen molar-refractivity contribution in [2.24, 2.45) is 0 Å². The molecule has 5 rings (SSSR count). The van der Waals surface area contributed by atoms with Crippen molar-refractivity contribution in [2.75, 3.05) is 0 Å². The summed E-state index contributed by atoms with van der Waals surface area (Å²) in [5, 5.41) is 0. The topological polar surface area (TPSA) is 38.7 Å². The standard InChI is InChI=1S/C16H11N2.C11H8N.Ir/c1-2-5-13(6-3-1)15-7-4-8-16(18-15)14-9-11-17-12-10-14;1-2-6-10(7-3-1)11-8-4-5-9-12-11;/h1-5,7-12H;1-6,8-9H;/q2*-1;.